The van der Waals surface area contributed by atoms with Gasteiger partial charge in [0.25, 0.3) is 0 Å². The van der Waals surface area contributed by atoms with Gasteiger partial charge in [-0.3, -0.25) is 9.78 Å². The lowest BCUT2D eigenvalue weighted by atomic mass is 10.1. The summed E-state index contributed by atoms with van der Waals surface area (Å²) in [6.45, 7) is 6.29. The number of benzene rings is 1. The predicted octanol–water partition coefficient (Wildman–Crippen LogP) is 2.80. The number of hydrogen-bond acceptors (Lipinski definition) is 5. The summed E-state index contributed by atoms with van der Waals surface area (Å²) in [6.07, 6.45) is 3.80. The highest BCUT2D eigenvalue weighted by Crippen LogP contribution is 2.30. The van der Waals surface area contributed by atoms with Crippen LogP contribution in [0.5, 0.6) is 5.75 Å². The molecule has 0 spiro atoms. The van der Waals surface area contributed by atoms with Crippen molar-refractivity contribution in [1.29, 1.82) is 0 Å². The summed E-state index contributed by atoms with van der Waals surface area (Å²) >= 11 is 0. The van der Waals surface area contributed by atoms with Gasteiger partial charge in [-0.25, -0.2) is 0 Å². The van der Waals surface area contributed by atoms with E-state index in [2.05, 4.69) is 22.2 Å². The third-order valence-corrected chi connectivity index (χ3v) is 4.28. The molecule has 3 heterocycles. The molecule has 1 aliphatic rings. The van der Waals surface area contributed by atoms with E-state index in [4.69, 9.17) is 14.2 Å². The molecule has 0 aliphatic carbocycles. The highest BCUT2D eigenvalue weighted by molar-refractivity contribution is 5.93. The first kappa shape index (κ1) is 16.1. The summed E-state index contributed by atoms with van der Waals surface area (Å²) in [7, 11) is 0. The highest BCUT2D eigenvalue weighted by atomic mass is 16.5. The quantitative estimate of drug-likeness (QED) is 0.680. The minimum Gasteiger partial charge on any atom is -0.488 e. The SMILES string of the molecule is C[C@@H]1COCCOC[C@H](C)n2cc(cn2)-c2n[nH]c3ccc(cc23)O1. The van der Waals surface area contributed by atoms with Crippen LogP contribution in [0.1, 0.15) is 19.9 Å². The van der Waals surface area contributed by atoms with Crippen LogP contribution in [0.25, 0.3) is 22.2 Å². The van der Waals surface area contributed by atoms with Gasteiger partial charge in [-0.2, -0.15) is 10.2 Å². The van der Waals surface area contributed by atoms with E-state index in [0.717, 1.165) is 27.9 Å². The number of nitrogens with zero attached hydrogens (tertiary/aromatic N) is 3. The normalized spacial score (nSPS) is 22.2. The van der Waals surface area contributed by atoms with E-state index in [1.165, 1.54) is 0 Å². The first-order valence-corrected chi connectivity index (χ1v) is 8.55. The largest absolute Gasteiger partial charge is 0.488 e. The predicted molar refractivity (Wildman–Crippen MR) is 93.8 cm³/mol. The Morgan fingerprint density at radius 3 is 2.88 bits per heavy atom. The average Bonchev–Trinajstić information content (AvgIpc) is 3.23. The molecule has 7 heteroatoms. The van der Waals surface area contributed by atoms with Crippen molar-refractivity contribution in [2.75, 3.05) is 26.4 Å². The standard InChI is InChI=1S/C18H22N4O3/c1-12-10-23-5-6-24-11-13(2)25-15-3-4-17-16(7-15)18(21-20-17)14-8-19-22(12)9-14/h3-4,7-9,12-13H,5-6,10-11H2,1-2H3,(H,20,21)/t12-,13+/m0/s1. The Morgan fingerprint density at radius 1 is 1.16 bits per heavy atom. The second-order valence-electron chi connectivity index (χ2n) is 6.42. The Labute approximate surface area is 145 Å². The highest BCUT2D eigenvalue weighted by Gasteiger charge is 2.15. The third-order valence-electron chi connectivity index (χ3n) is 4.28. The summed E-state index contributed by atoms with van der Waals surface area (Å²) in [5.41, 5.74) is 2.81. The molecule has 0 unspecified atom stereocenters. The number of rotatable bonds is 0. The van der Waals surface area contributed by atoms with Crippen LogP contribution < -0.4 is 4.74 Å². The molecule has 132 valence electrons. The van der Waals surface area contributed by atoms with Gasteiger partial charge in [0.15, 0.2) is 0 Å². The summed E-state index contributed by atoms with van der Waals surface area (Å²) < 4.78 is 19.2. The Hall–Kier alpha value is -2.38. The van der Waals surface area contributed by atoms with E-state index < -0.39 is 0 Å². The first-order chi connectivity index (χ1) is 12.2. The molecule has 0 amide bonds. The number of ether oxygens (including phenoxy) is 3. The number of nitrogens with one attached hydrogen (secondary N) is 1. The van der Waals surface area contributed by atoms with E-state index >= 15 is 0 Å². The molecular weight excluding hydrogens is 320 g/mol. The second-order valence-corrected chi connectivity index (χ2v) is 6.42. The van der Waals surface area contributed by atoms with E-state index in [1.807, 2.05) is 42.2 Å². The van der Waals surface area contributed by atoms with Crippen molar-refractivity contribution >= 4 is 10.9 Å². The van der Waals surface area contributed by atoms with Crippen LogP contribution in [0.4, 0.5) is 0 Å². The maximum atomic E-state index is 5.97. The maximum Gasteiger partial charge on any atom is 0.120 e. The van der Waals surface area contributed by atoms with Crippen molar-refractivity contribution in [2.45, 2.75) is 26.0 Å². The molecule has 0 radical (unpaired) electrons. The average molecular weight is 342 g/mol. The van der Waals surface area contributed by atoms with Crippen LogP contribution in [0.3, 0.4) is 0 Å². The zero-order valence-corrected chi connectivity index (χ0v) is 14.4. The molecule has 1 aromatic carbocycles. The molecule has 7 nitrogen and oxygen atoms in total. The molecule has 0 fully saturated rings. The lowest BCUT2D eigenvalue weighted by Crippen LogP contribution is -2.21. The smallest absolute Gasteiger partial charge is 0.120 e. The van der Waals surface area contributed by atoms with E-state index in [9.17, 15) is 0 Å². The molecule has 0 saturated carbocycles. The topological polar surface area (TPSA) is 74.2 Å². The summed E-state index contributed by atoms with van der Waals surface area (Å²) in [5, 5.41) is 13.0. The minimum atomic E-state index is -0.0395. The Kier molecular flexibility index (Phi) is 4.42. The fraction of sp³-hybridized carbons (Fsp3) is 0.444. The van der Waals surface area contributed by atoms with Crippen LogP contribution in [0.2, 0.25) is 0 Å². The fourth-order valence-corrected chi connectivity index (χ4v) is 2.95. The van der Waals surface area contributed by atoms with Gasteiger partial charge in [0.1, 0.15) is 17.5 Å². The Bertz CT molecular complexity index is 857. The first-order valence-electron chi connectivity index (χ1n) is 8.55. The Morgan fingerprint density at radius 2 is 2.00 bits per heavy atom. The minimum absolute atomic E-state index is 0.0395. The van der Waals surface area contributed by atoms with Crippen molar-refractivity contribution in [2.24, 2.45) is 0 Å². The molecule has 1 aliphatic heterocycles. The van der Waals surface area contributed by atoms with Crippen molar-refractivity contribution in [3.8, 4) is 17.0 Å². The van der Waals surface area contributed by atoms with Gasteiger partial charge in [-0.15, -0.1) is 0 Å². The maximum absolute atomic E-state index is 5.97. The summed E-state index contributed by atoms with van der Waals surface area (Å²) in [5.74, 6) is 0.801. The van der Waals surface area contributed by atoms with E-state index in [-0.39, 0.29) is 12.1 Å². The molecule has 2 atom stereocenters. The lowest BCUT2D eigenvalue weighted by Gasteiger charge is -2.16. The van der Waals surface area contributed by atoms with Crippen molar-refractivity contribution in [3.05, 3.63) is 30.6 Å². The summed E-state index contributed by atoms with van der Waals surface area (Å²) in [4.78, 5) is 0. The van der Waals surface area contributed by atoms with Gasteiger partial charge >= 0.3 is 0 Å². The van der Waals surface area contributed by atoms with Crippen molar-refractivity contribution in [1.82, 2.24) is 20.0 Å². The monoisotopic (exact) mass is 342 g/mol. The van der Waals surface area contributed by atoms with Gasteiger partial charge in [-0.1, -0.05) is 0 Å². The van der Waals surface area contributed by atoms with Crippen LogP contribution in [0, 0.1) is 0 Å². The molecule has 0 saturated heterocycles. The molecule has 25 heavy (non-hydrogen) atoms. The van der Waals surface area contributed by atoms with E-state index in [0.29, 0.717) is 26.4 Å². The van der Waals surface area contributed by atoms with Crippen LogP contribution in [-0.4, -0.2) is 52.5 Å². The number of hydrogen-bond donors (Lipinski definition) is 1. The van der Waals surface area contributed by atoms with Gasteiger partial charge in [0.2, 0.25) is 0 Å². The summed E-state index contributed by atoms with van der Waals surface area (Å²) in [6, 6.07) is 6.09. The van der Waals surface area contributed by atoms with Gasteiger partial charge in [0.05, 0.1) is 44.2 Å². The number of aromatic nitrogens is 4. The van der Waals surface area contributed by atoms with Crippen molar-refractivity contribution < 1.29 is 14.2 Å². The molecule has 4 bridgehead atoms. The van der Waals surface area contributed by atoms with Crippen LogP contribution >= 0.6 is 0 Å². The zero-order chi connectivity index (χ0) is 17.2. The Balaban J connectivity index is 1.73. The number of H-pyrrole nitrogens is 1. The van der Waals surface area contributed by atoms with Crippen LogP contribution in [0.15, 0.2) is 30.6 Å². The fourth-order valence-electron chi connectivity index (χ4n) is 2.95. The van der Waals surface area contributed by atoms with Gasteiger partial charge in [-0.05, 0) is 32.0 Å². The van der Waals surface area contributed by atoms with Crippen molar-refractivity contribution in [3.63, 3.8) is 0 Å². The molecule has 3 aromatic rings. The molecule has 1 N–H and O–H groups in total. The molecule has 4 rings (SSSR count). The molecular formula is C18H22N4O3. The number of aromatic amines is 1. The van der Waals surface area contributed by atoms with Crippen LogP contribution in [-0.2, 0) is 9.47 Å². The third kappa shape index (κ3) is 3.38. The molecule has 2 aromatic heterocycles. The lowest BCUT2D eigenvalue weighted by molar-refractivity contribution is 0.00976. The number of fused-ring (bicyclic) bond motifs is 4. The van der Waals surface area contributed by atoms with E-state index in [1.54, 1.807) is 0 Å². The van der Waals surface area contributed by atoms with Gasteiger partial charge < -0.3 is 14.2 Å². The van der Waals surface area contributed by atoms with Gasteiger partial charge in [0, 0.05) is 17.1 Å². The second kappa shape index (κ2) is 6.85. The zero-order valence-electron chi connectivity index (χ0n) is 14.4.